The zero-order chi connectivity index (χ0) is 39.8. The third kappa shape index (κ3) is 15.8. The predicted octanol–water partition coefficient (Wildman–Crippen LogP) is 8.54. The lowest BCUT2D eigenvalue weighted by Crippen LogP contribution is -2.61. The fourth-order valence-electron chi connectivity index (χ4n) is 5.98. The number of ether oxygens (including phenoxy) is 2. The molecule has 292 valence electrons. The van der Waals surface area contributed by atoms with Crippen LogP contribution in [-0.4, -0.2) is 74.6 Å². The van der Waals surface area contributed by atoms with Crippen LogP contribution in [0.15, 0.2) is 142 Å². The van der Waals surface area contributed by atoms with Gasteiger partial charge in [-0.3, -0.25) is 0 Å². The highest BCUT2D eigenvalue weighted by atomic mass is 16.7. The Labute approximate surface area is 319 Å². The average molecular weight is 731 g/mol. The molecule has 0 radical (unpaired) electrons. The molecule has 0 aromatic heterocycles. The number of allylic oxidation sites excluding steroid dienone is 23. The topological polar surface area (TPSA) is 120 Å². The maximum Gasteiger partial charge on any atom is 0.187 e. The van der Waals surface area contributed by atoms with Crippen LogP contribution in [0, 0.1) is 5.41 Å². The second-order valence-corrected chi connectivity index (χ2v) is 15.5. The van der Waals surface area contributed by atoms with Crippen LogP contribution in [0.4, 0.5) is 0 Å². The monoisotopic (exact) mass is 730 g/mol. The van der Waals surface area contributed by atoms with Gasteiger partial charge in [0.1, 0.15) is 30.5 Å². The molecule has 0 bridgehead atoms. The third-order valence-corrected chi connectivity index (χ3v) is 9.56. The van der Waals surface area contributed by atoms with Crippen LogP contribution in [0.2, 0.25) is 0 Å². The summed E-state index contributed by atoms with van der Waals surface area (Å²) in [6.45, 7) is 19.9. The van der Waals surface area contributed by atoms with E-state index in [-0.39, 0.29) is 5.41 Å². The van der Waals surface area contributed by atoms with Gasteiger partial charge < -0.3 is 35.0 Å². The molecule has 0 amide bonds. The molecule has 6 atom stereocenters. The molecule has 1 heterocycles. The molecule has 1 aliphatic heterocycles. The zero-order valence-corrected chi connectivity index (χ0v) is 33.7. The quantitative estimate of drug-likeness (QED) is 0.101. The Balaban J connectivity index is 1.85. The standard InChI is InChI=1S/C46H66O7/c1-32(17-11-12-18-33(2)20-14-23-35(4)26-28-38-37(6)25-16-30-45(38,7)8)19-13-21-34(3)22-15-24-36(5)27-29-40(48)46(9,10)53-44-43(51)42(50)41(49)39(31-47)52-44/h11-15,17-24,26-29,39-44,47-51H,16,25,30-31H2,1-10H3/b12-11+,19-13+,20-14+,22-15+,28-26+,29-27+,32-17+,33-18+,34-21+,35-23+,36-24+/t39-,40+,41-,42?,43?,44+/m1/s1. The van der Waals surface area contributed by atoms with Gasteiger partial charge in [0.05, 0.1) is 12.2 Å². The van der Waals surface area contributed by atoms with Gasteiger partial charge in [0, 0.05) is 0 Å². The van der Waals surface area contributed by atoms with Crippen molar-refractivity contribution < 1.29 is 35.0 Å². The highest BCUT2D eigenvalue weighted by molar-refractivity contribution is 5.37. The molecular formula is C46H66O7. The molecule has 2 unspecified atom stereocenters. The van der Waals surface area contributed by atoms with E-state index in [1.807, 2.05) is 56.4 Å². The smallest absolute Gasteiger partial charge is 0.187 e. The molecule has 7 nitrogen and oxygen atoms in total. The van der Waals surface area contributed by atoms with Gasteiger partial charge in [0.2, 0.25) is 0 Å². The minimum Gasteiger partial charge on any atom is -0.394 e. The van der Waals surface area contributed by atoms with Crippen LogP contribution >= 0.6 is 0 Å². The fourth-order valence-corrected chi connectivity index (χ4v) is 5.98. The lowest BCUT2D eigenvalue weighted by atomic mass is 9.72. The van der Waals surface area contributed by atoms with Gasteiger partial charge in [-0.05, 0) is 85.6 Å². The normalized spacial score (nSPS) is 26.9. The summed E-state index contributed by atoms with van der Waals surface area (Å²) in [5.74, 6) is 0. The molecule has 1 fully saturated rings. The van der Waals surface area contributed by atoms with E-state index in [1.165, 1.54) is 41.6 Å². The summed E-state index contributed by atoms with van der Waals surface area (Å²) in [4.78, 5) is 0. The number of hydrogen-bond donors (Lipinski definition) is 5. The Bertz CT molecular complexity index is 1570. The Kier molecular flexibility index (Phi) is 19.1. The van der Waals surface area contributed by atoms with Crippen LogP contribution in [0.5, 0.6) is 0 Å². The van der Waals surface area contributed by atoms with Crippen molar-refractivity contribution in [3.05, 3.63) is 142 Å². The second-order valence-electron chi connectivity index (χ2n) is 15.5. The van der Waals surface area contributed by atoms with Crippen molar-refractivity contribution >= 4 is 0 Å². The maximum atomic E-state index is 10.8. The summed E-state index contributed by atoms with van der Waals surface area (Å²) in [5.41, 5.74) is 7.56. The van der Waals surface area contributed by atoms with Crippen LogP contribution in [0.1, 0.15) is 88.5 Å². The number of hydrogen-bond acceptors (Lipinski definition) is 7. The Morgan fingerprint density at radius 1 is 0.755 bits per heavy atom. The Morgan fingerprint density at radius 3 is 1.72 bits per heavy atom. The first-order chi connectivity index (χ1) is 24.9. The van der Waals surface area contributed by atoms with Crippen molar-refractivity contribution in [2.75, 3.05) is 6.61 Å². The van der Waals surface area contributed by atoms with E-state index >= 15 is 0 Å². The van der Waals surface area contributed by atoms with Crippen LogP contribution < -0.4 is 0 Å². The minimum atomic E-state index is -1.56. The first-order valence-electron chi connectivity index (χ1n) is 18.7. The van der Waals surface area contributed by atoms with E-state index in [4.69, 9.17) is 9.47 Å². The summed E-state index contributed by atoms with van der Waals surface area (Å²) in [7, 11) is 0. The van der Waals surface area contributed by atoms with Gasteiger partial charge in [-0.2, -0.15) is 0 Å². The predicted molar refractivity (Wildman–Crippen MR) is 219 cm³/mol. The minimum absolute atomic E-state index is 0.257. The van der Waals surface area contributed by atoms with Gasteiger partial charge in [-0.15, -0.1) is 0 Å². The second kappa shape index (κ2) is 22.1. The molecule has 2 aliphatic rings. The average Bonchev–Trinajstić information content (AvgIpc) is 3.08. The van der Waals surface area contributed by atoms with E-state index in [0.717, 1.165) is 16.7 Å². The SMILES string of the molecule is CC1=C(/C=C/C(C)=C/C=C/C(C)=C/C=C/C=C(C)/C=C/C=C(C)/C=C/C=C(C)/C=C/[C@H](O)C(C)(C)O[C@@H]2O[C@H](CO)[C@@H](O)C(O)C2O)C(C)(C)CCC1. The molecule has 53 heavy (non-hydrogen) atoms. The summed E-state index contributed by atoms with van der Waals surface area (Å²) in [6, 6.07) is 0. The first kappa shape index (κ1) is 45.8. The largest absolute Gasteiger partial charge is 0.394 e. The number of aliphatic hydroxyl groups excluding tert-OH is 5. The van der Waals surface area contributed by atoms with Gasteiger partial charge in [0.15, 0.2) is 6.29 Å². The fraction of sp³-hybridized carbons (Fsp3) is 0.478. The molecule has 1 saturated heterocycles. The Morgan fingerprint density at radius 2 is 1.23 bits per heavy atom. The lowest BCUT2D eigenvalue weighted by molar-refractivity contribution is -0.329. The molecule has 0 aromatic rings. The Hall–Kier alpha value is -3.40. The number of aliphatic hydroxyl groups is 5. The number of rotatable bonds is 16. The molecule has 0 saturated carbocycles. The lowest BCUT2D eigenvalue weighted by Gasteiger charge is -2.43. The summed E-state index contributed by atoms with van der Waals surface area (Å²) in [5, 5.41) is 50.4. The van der Waals surface area contributed by atoms with Crippen molar-refractivity contribution in [1.29, 1.82) is 0 Å². The van der Waals surface area contributed by atoms with Crippen molar-refractivity contribution in [3.8, 4) is 0 Å². The van der Waals surface area contributed by atoms with E-state index in [2.05, 4.69) is 90.2 Å². The van der Waals surface area contributed by atoms with Crippen LogP contribution in [0.25, 0.3) is 0 Å². The van der Waals surface area contributed by atoms with Crippen LogP contribution in [-0.2, 0) is 9.47 Å². The molecule has 0 spiro atoms. The van der Waals surface area contributed by atoms with Gasteiger partial charge >= 0.3 is 0 Å². The van der Waals surface area contributed by atoms with Crippen molar-refractivity contribution in [2.24, 2.45) is 5.41 Å². The third-order valence-electron chi connectivity index (χ3n) is 9.56. The molecule has 2 rings (SSSR count). The van der Waals surface area contributed by atoms with Gasteiger partial charge in [-0.25, -0.2) is 0 Å². The summed E-state index contributed by atoms with van der Waals surface area (Å²) < 4.78 is 11.2. The first-order valence-corrected chi connectivity index (χ1v) is 18.7. The maximum absolute atomic E-state index is 10.8. The molecule has 0 aromatic carbocycles. The van der Waals surface area contributed by atoms with E-state index < -0.39 is 49.0 Å². The van der Waals surface area contributed by atoms with Gasteiger partial charge in [-0.1, -0.05) is 151 Å². The summed E-state index contributed by atoms with van der Waals surface area (Å²) >= 11 is 0. The van der Waals surface area contributed by atoms with Crippen LogP contribution in [0.3, 0.4) is 0 Å². The zero-order valence-electron chi connectivity index (χ0n) is 33.7. The van der Waals surface area contributed by atoms with E-state index in [9.17, 15) is 25.5 Å². The van der Waals surface area contributed by atoms with Crippen molar-refractivity contribution in [3.63, 3.8) is 0 Å². The highest BCUT2D eigenvalue weighted by Gasteiger charge is 2.46. The van der Waals surface area contributed by atoms with E-state index in [0.29, 0.717) is 0 Å². The summed E-state index contributed by atoms with van der Waals surface area (Å²) in [6.07, 6.45) is 30.1. The molecular weight excluding hydrogens is 664 g/mol. The van der Waals surface area contributed by atoms with Gasteiger partial charge in [0.25, 0.3) is 0 Å². The molecule has 1 aliphatic carbocycles. The van der Waals surface area contributed by atoms with Crippen molar-refractivity contribution in [1.82, 2.24) is 0 Å². The molecule has 5 N–H and O–H groups in total. The highest BCUT2D eigenvalue weighted by Crippen LogP contribution is 2.40. The van der Waals surface area contributed by atoms with E-state index in [1.54, 1.807) is 26.0 Å². The van der Waals surface area contributed by atoms with Crippen molar-refractivity contribution in [2.45, 2.75) is 131 Å². The molecule has 7 heteroatoms.